The third-order valence-corrected chi connectivity index (χ3v) is 1.83. The van der Waals surface area contributed by atoms with Crippen LogP contribution in [0.25, 0.3) is 11.4 Å². The summed E-state index contributed by atoms with van der Waals surface area (Å²) in [6.45, 7) is 0. The third-order valence-electron chi connectivity index (χ3n) is 1.60. The predicted octanol–water partition coefficient (Wildman–Crippen LogP) is 3.37. The second kappa shape index (κ2) is 4.10. The van der Waals surface area contributed by atoms with Crippen LogP contribution in [-0.2, 0) is 0 Å². The largest absolute Gasteiger partial charge is 0.345 e. The molecule has 2 nitrogen and oxygen atoms in total. The van der Waals surface area contributed by atoms with Gasteiger partial charge in [-0.2, -0.15) is 0 Å². The van der Waals surface area contributed by atoms with E-state index in [9.17, 15) is 0 Å². The summed E-state index contributed by atoms with van der Waals surface area (Å²) in [4.78, 5) is 7.12. The van der Waals surface area contributed by atoms with Crippen molar-refractivity contribution in [2.45, 2.75) is 7.43 Å². The molecular formula is C10H11ClN2. The van der Waals surface area contributed by atoms with Crippen LogP contribution in [-0.4, -0.2) is 9.97 Å². The van der Waals surface area contributed by atoms with Crippen molar-refractivity contribution < 1.29 is 0 Å². The second-order valence-corrected chi connectivity index (χ2v) is 2.88. The number of hydrogen-bond acceptors (Lipinski definition) is 1. The van der Waals surface area contributed by atoms with Crippen molar-refractivity contribution in [3.8, 4) is 11.4 Å². The number of aromatic amines is 1. The predicted molar refractivity (Wildman–Crippen MR) is 55.8 cm³/mol. The number of halogens is 1. The van der Waals surface area contributed by atoms with Gasteiger partial charge in [-0.25, -0.2) is 4.98 Å². The Morgan fingerprint density at radius 2 is 2.15 bits per heavy atom. The summed E-state index contributed by atoms with van der Waals surface area (Å²) in [5.74, 6) is 0.845. The van der Waals surface area contributed by atoms with Crippen LogP contribution in [0.15, 0.2) is 36.7 Å². The van der Waals surface area contributed by atoms with Crippen LogP contribution >= 0.6 is 11.6 Å². The minimum atomic E-state index is 0. The third kappa shape index (κ3) is 2.10. The van der Waals surface area contributed by atoms with Gasteiger partial charge < -0.3 is 4.98 Å². The first-order chi connectivity index (χ1) is 5.86. The van der Waals surface area contributed by atoms with Gasteiger partial charge in [0.05, 0.1) is 0 Å². The van der Waals surface area contributed by atoms with Crippen LogP contribution in [0, 0.1) is 0 Å². The van der Waals surface area contributed by atoms with Crippen molar-refractivity contribution in [3.63, 3.8) is 0 Å². The van der Waals surface area contributed by atoms with Gasteiger partial charge in [-0.15, -0.1) is 0 Å². The Hall–Kier alpha value is -1.28. The highest BCUT2D eigenvalue weighted by atomic mass is 35.5. The Bertz CT molecular complexity index is 368. The molecule has 0 spiro atoms. The van der Waals surface area contributed by atoms with Crippen LogP contribution < -0.4 is 0 Å². The summed E-state index contributed by atoms with van der Waals surface area (Å²) in [7, 11) is 0. The SMILES string of the molecule is C.Clc1cccc(-c2ncc[nH]2)c1. The monoisotopic (exact) mass is 194 g/mol. The zero-order valence-electron chi connectivity index (χ0n) is 6.29. The van der Waals surface area contributed by atoms with Crippen LogP contribution in [0.2, 0.25) is 5.02 Å². The fourth-order valence-electron chi connectivity index (χ4n) is 1.06. The molecule has 0 aliphatic rings. The van der Waals surface area contributed by atoms with Crippen molar-refractivity contribution in [1.82, 2.24) is 9.97 Å². The molecule has 0 saturated carbocycles. The maximum absolute atomic E-state index is 5.82. The molecule has 68 valence electrons. The maximum atomic E-state index is 5.82. The van der Waals surface area contributed by atoms with E-state index in [1.807, 2.05) is 24.3 Å². The molecule has 1 heterocycles. The van der Waals surface area contributed by atoms with E-state index in [0.717, 1.165) is 16.4 Å². The summed E-state index contributed by atoms with van der Waals surface area (Å²) < 4.78 is 0. The van der Waals surface area contributed by atoms with Crippen LogP contribution in [0.5, 0.6) is 0 Å². The van der Waals surface area contributed by atoms with Gasteiger partial charge in [-0.3, -0.25) is 0 Å². The molecule has 0 bridgehead atoms. The first-order valence-electron chi connectivity index (χ1n) is 3.61. The van der Waals surface area contributed by atoms with Gasteiger partial charge in [0.25, 0.3) is 0 Å². The van der Waals surface area contributed by atoms with Gasteiger partial charge in [-0.1, -0.05) is 31.2 Å². The van der Waals surface area contributed by atoms with Gasteiger partial charge in [0.15, 0.2) is 0 Å². The van der Waals surface area contributed by atoms with E-state index in [2.05, 4.69) is 9.97 Å². The summed E-state index contributed by atoms with van der Waals surface area (Å²) in [5.41, 5.74) is 1.01. The molecule has 2 aromatic rings. The Morgan fingerprint density at radius 1 is 1.31 bits per heavy atom. The minimum absolute atomic E-state index is 0. The molecule has 0 fully saturated rings. The lowest BCUT2D eigenvalue weighted by Crippen LogP contribution is -1.78. The molecule has 0 radical (unpaired) electrons. The van der Waals surface area contributed by atoms with Gasteiger partial charge in [0.1, 0.15) is 5.82 Å². The van der Waals surface area contributed by atoms with Crippen molar-refractivity contribution in [2.75, 3.05) is 0 Å². The molecule has 1 aromatic carbocycles. The number of aromatic nitrogens is 2. The molecule has 2 rings (SSSR count). The highest BCUT2D eigenvalue weighted by molar-refractivity contribution is 6.30. The van der Waals surface area contributed by atoms with Crippen LogP contribution in [0.4, 0.5) is 0 Å². The first-order valence-corrected chi connectivity index (χ1v) is 3.99. The van der Waals surface area contributed by atoms with Gasteiger partial charge in [0.2, 0.25) is 0 Å². The smallest absolute Gasteiger partial charge is 0.137 e. The number of hydrogen-bond donors (Lipinski definition) is 1. The van der Waals surface area contributed by atoms with E-state index in [1.54, 1.807) is 12.4 Å². The normalized spacial score (nSPS) is 9.31. The van der Waals surface area contributed by atoms with E-state index in [0.29, 0.717) is 0 Å². The second-order valence-electron chi connectivity index (χ2n) is 2.45. The fraction of sp³-hybridized carbons (Fsp3) is 0.100. The standard InChI is InChI=1S/C9H7ClN2.CH4/c10-8-3-1-2-7(6-8)9-11-4-5-12-9;/h1-6H,(H,11,12);1H4. The van der Waals surface area contributed by atoms with E-state index >= 15 is 0 Å². The molecule has 0 unspecified atom stereocenters. The zero-order valence-corrected chi connectivity index (χ0v) is 7.05. The molecule has 3 heteroatoms. The summed E-state index contributed by atoms with van der Waals surface area (Å²) in [6, 6.07) is 7.58. The summed E-state index contributed by atoms with van der Waals surface area (Å²) >= 11 is 5.82. The molecule has 1 aromatic heterocycles. The average molecular weight is 195 g/mol. The molecular weight excluding hydrogens is 184 g/mol. The quantitative estimate of drug-likeness (QED) is 0.741. The Labute approximate surface area is 82.6 Å². The van der Waals surface area contributed by atoms with Crippen molar-refractivity contribution in [2.24, 2.45) is 0 Å². The van der Waals surface area contributed by atoms with Gasteiger partial charge in [0, 0.05) is 23.0 Å². The number of benzene rings is 1. The molecule has 13 heavy (non-hydrogen) atoms. The van der Waals surface area contributed by atoms with Crippen molar-refractivity contribution in [1.29, 1.82) is 0 Å². The first kappa shape index (κ1) is 9.81. The lowest BCUT2D eigenvalue weighted by atomic mass is 10.2. The number of imidazole rings is 1. The van der Waals surface area contributed by atoms with E-state index < -0.39 is 0 Å². The van der Waals surface area contributed by atoms with Gasteiger partial charge in [-0.05, 0) is 12.1 Å². The average Bonchev–Trinajstić information content (AvgIpc) is 2.56. The highest BCUT2D eigenvalue weighted by Crippen LogP contribution is 2.18. The molecule has 0 atom stereocenters. The minimum Gasteiger partial charge on any atom is -0.345 e. The lowest BCUT2D eigenvalue weighted by Gasteiger charge is -1.95. The number of nitrogens with zero attached hydrogens (tertiary/aromatic N) is 1. The zero-order chi connectivity index (χ0) is 8.39. The van der Waals surface area contributed by atoms with Gasteiger partial charge >= 0.3 is 0 Å². The summed E-state index contributed by atoms with van der Waals surface area (Å²) in [5, 5.41) is 0.726. The van der Waals surface area contributed by atoms with E-state index in [-0.39, 0.29) is 7.43 Å². The number of rotatable bonds is 1. The lowest BCUT2D eigenvalue weighted by molar-refractivity contribution is 1.31. The molecule has 0 aliphatic carbocycles. The van der Waals surface area contributed by atoms with Crippen LogP contribution in [0.1, 0.15) is 7.43 Å². The molecule has 0 saturated heterocycles. The van der Waals surface area contributed by atoms with Crippen molar-refractivity contribution in [3.05, 3.63) is 41.7 Å². The topological polar surface area (TPSA) is 28.7 Å². The summed E-state index contributed by atoms with van der Waals surface area (Å²) in [6.07, 6.45) is 3.51. The highest BCUT2D eigenvalue weighted by Gasteiger charge is 1.98. The Balaban J connectivity index is 0.000000845. The number of nitrogens with one attached hydrogen (secondary N) is 1. The van der Waals surface area contributed by atoms with E-state index in [4.69, 9.17) is 11.6 Å². The molecule has 0 aliphatic heterocycles. The van der Waals surface area contributed by atoms with E-state index in [1.165, 1.54) is 0 Å². The number of H-pyrrole nitrogens is 1. The fourth-order valence-corrected chi connectivity index (χ4v) is 1.25. The Morgan fingerprint density at radius 3 is 2.77 bits per heavy atom. The maximum Gasteiger partial charge on any atom is 0.137 e. The molecule has 0 amide bonds. The van der Waals surface area contributed by atoms with Crippen LogP contribution in [0.3, 0.4) is 0 Å². The molecule has 1 N–H and O–H groups in total. The van der Waals surface area contributed by atoms with Crippen molar-refractivity contribution >= 4 is 11.6 Å². The Kier molecular flexibility index (Phi) is 3.09.